The number of aromatic nitrogens is 6. The molecule has 0 radical (unpaired) electrons. The number of nitrogens with one attached hydrogen (secondary N) is 2. The molecule has 0 saturated heterocycles. The van der Waals surface area contributed by atoms with E-state index in [1.54, 1.807) is 6.92 Å². The van der Waals surface area contributed by atoms with Gasteiger partial charge in [0.1, 0.15) is 29.1 Å². The van der Waals surface area contributed by atoms with E-state index in [1.807, 2.05) is 6.07 Å². The third-order valence-electron chi connectivity index (χ3n) is 4.47. The molecule has 156 valence electrons. The zero-order chi connectivity index (χ0) is 22.3. The highest BCUT2D eigenvalue weighted by molar-refractivity contribution is 6.35. The van der Waals surface area contributed by atoms with E-state index in [0.717, 1.165) is 12.1 Å². The van der Waals surface area contributed by atoms with Gasteiger partial charge in [0.05, 0.1) is 33.9 Å². The number of aromatic amines is 1. The van der Waals surface area contributed by atoms with Crippen molar-refractivity contribution >= 4 is 40.1 Å². The van der Waals surface area contributed by atoms with Crippen LogP contribution in [0, 0.1) is 17.1 Å². The number of nitriles is 1. The third kappa shape index (κ3) is 3.47. The van der Waals surface area contributed by atoms with Crippen LogP contribution in [0.15, 0.2) is 29.3 Å². The smallest absolute Gasteiger partial charge is 0.266 e. The van der Waals surface area contributed by atoms with Crippen molar-refractivity contribution < 1.29 is 4.39 Å². The van der Waals surface area contributed by atoms with E-state index < -0.39 is 17.4 Å². The lowest BCUT2D eigenvalue weighted by molar-refractivity contribution is 0.629. The highest BCUT2D eigenvalue weighted by atomic mass is 35.5. The Labute approximate surface area is 178 Å². The molecule has 13 heteroatoms. The molecule has 0 amide bonds. The van der Waals surface area contributed by atoms with Crippen LogP contribution in [0.25, 0.3) is 16.6 Å². The van der Waals surface area contributed by atoms with Gasteiger partial charge in [0.2, 0.25) is 5.95 Å². The molecule has 0 aliphatic heterocycles. The third-order valence-corrected chi connectivity index (χ3v) is 4.75. The quantitative estimate of drug-likeness (QED) is 0.368. The van der Waals surface area contributed by atoms with Gasteiger partial charge < -0.3 is 16.8 Å². The van der Waals surface area contributed by atoms with Crippen molar-refractivity contribution in [3.63, 3.8) is 0 Å². The number of hydrogen-bond donors (Lipinski definition) is 4. The molecule has 0 saturated carbocycles. The fourth-order valence-electron chi connectivity index (χ4n) is 3.12. The summed E-state index contributed by atoms with van der Waals surface area (Å²) in [6.07, 6.45) is 2.89. The average Bonchev–Trinajstić information content (AvgIpc) is 3.22. The molecular formula is C18H14ClFN10O. The molecular weight excluding hydrogens is 427 g/mol. The highest BCUT2D eigenvalue weighted by Gasteiger charge is 2.22. The van der Waals surface area contributed by atoms with Crippen LogP contribution in [-0.4, -0.2) is 29.7 Å². The first-order valence-corrected chi connectivity index (χ1v) is 9.18. The maximum Gasteiger partial charge on any atom is 0.266 e. The molecule has 1 aromatic carbocycles. The molecule has 0 spiro atoms. The fourth-order valence-corrected chi connectivity index (χ4v) is 3.37. The monoisotopic (exact) mass is 440 g/mol. The maximum absolute atomic E-state index is 13.9. The summed E-state index contributed by atoms with van der Waals surface area (Å²) in [5.41, 5.74) is 11.3. The van der Waals surface area contributed by atoms with Gasteiger partial charge in [0.15, 0.2) is 5.82 Å². The molecule has 0 aliphatic carbocycles. The summed E-state index contributed by atoms with van der Waals surface area (Å²) in [6.45, 7) is 1.68. The number of H-pyrrole nitrogens is 1. The summed E-state index contributed by atoms with van der Waals surface area (Å²) in [7, 11) is 0. The van der Waals surface area contributed by atoms with Crippen LogP contribution in [0.4, 0.5) is 22.0 Å². The van der Waals surface area contributed by atoms with Crippen molar-refractivity contribution in [3.05, 3.63) is 57.1 Å². The van der Waals surface area contributed by atoms with Crippen molar-refractivity contribution in [2.75, 3.05) is 16.8 Å². The van der Waals surface area contributed by atoms with Crippen LogP contribution >= 0.6 is 11.6 Å². The van der Waals surface area contributed by atoms with Gasteiger partial charge in [-0.3, -0.25) is 14.5 Å². The Bertz CT molecular complexity index is 1410. The molecule has 1 unspecified atom stereocenters. The largest absolute Gasteiger partial charge is 0.382 e. The number of nitrogens with two attached hydrogens (primary N) is 2. The Hall–Kier alpha value is -4.24. The first-order chi connectivity index (χ1) is 14.8. The standard InChI is InChI=1S/C18H14ClFN10O/c1-7(26-15-11(4-21)14(22)28-18(23)29-15)16-27-13-10(2-8(20)3-12(13)19)17(31)30(16)9-5-24-25-6-9/h2-3,5-7H,1H3,(H,24,25)(H5,22,23,26,28,29). The Morgan fingerprint density at radius 3 is 2.77 bits per heavy atom. The molecule has 0 fully saturated rings. The molecule has 31 heavy (non-hydrogen) atoms. The van der Waals surface area contributed by atoms with E-state index in [4.69, 9.17) is 23.1 Å². The number of rotatable bonds is 4. The van der Waals surface area contributed by atoms with Crippen molar-refractivity contribution in [2.24, 2.45) is 0 Å². The molecule has 3 aromatic heterocycles. The summed E-state index contributed by atoms with van der Waals surface area (Å²) >= 11 is 6.15. The van der Waals surface area contributed by atoms with Crippen LogP contribution in [0.3, 0.4) is 0 Å². The van der Waals surface area contributed by atoms with Gasteiger partial charge >= 0.3 is 0 Å². The van der Waals surface area contributed by atoms with Gasteiger partial charge in [-0.2, -0.15) is 20.3 Å². The van der Waals surface area contributed by atoms with Crippen molar-refractivity contribution in [2.45, 2.75) is 13.0 Å². The second kappa shape index (κ2) is 7.54. The molecule has 0 aliphatic rings. The minimum Gasteiger partial charge on any atom is -0.382 e. The topological polar surface area (TPSA) is 177 Å². The zero-order valence-electron chi connectivity index (χ0n) is 15.9. The Morgan fingerprint density at radius 2 is 2.10 bits per heavy atom. The number of fused-ring (bicyclic) bond motifs is 1. The average molecular weight is 441 g/mol. The van der Waals surface area contributed by atoms with Gasteiger partial charge in [-0.1, -0.05) is 11.6 Å². The lowest BCUT2D eigenvalue weighted by Gasteiger charge is -2.20. The molecule has 3 heterocycles. The second-order valence-electron chi connectivity index (χ2n) is 6.52. The number of nitrogens with zero attached hydrogens (tertiary/aromatic N) is 6. The molecule has 4 aromatic rings. The highest BCUT2D eigenvalue weighted by Crippen LogP contribution is 2.27. The Kier molecular flexibility index (Phi) is 4.88. The van der Waals surface area contributed by atoms with E-state index in [2.05, 4.69) is 30.5 Å². The predicted octanol–water partition coefficient (Wildman–Crippen LogP) is 1.90. The lowest BCUT2D eigenvalue weighted by atomic mass is 10.2. The van der Waals surface area contributed by atoms with Crippen LogP contribution in [0.2, 0.25) is 5.02 Å². The Balaban J connectivity index is 1.94. The first-order valence-electron chi connectivity index (χ1n) is 8.80. The normalized spacial score (nSPS) is 11.9. The van der Waals surface area contributed by atoms with E-state index in [9.17, 15) is 14.4 Å². The molecule has 6 N–H and O–H groups in total. The number of anilines is 3. The number of benzene rings is 1. The second-order valence-corrected chi connectivity index (χ2v) is 6.93. The molecule has 4 rings (SSSR count). The van der Waals surface area contributed by atoms with Gasteiger partial charge in [-0.05, 0) is 19.1 Å². The van der Waals surface area contributed by atoms with Crippen molar-refractivity contribution in [1.82, 2.24) is 29.7 Å². The van der Waals surface area contributed by atoms with Crippen LogP contribution in [0.5, 0.6) is 0 Å². The number of halogens is 2. The van der Waals surface area contributed by atoms with Gasteiger partial charge in [-0.15, -0.1) is 0 Å². The number of hydrogen-bond acceptors (Lipinski definition) is 9. The predicted molar refractivity (Wildman–Crippen MR) is 112 cm³/mol. The summed E-state index contributed by atoms with van der Waals surface area (Å²) in [5, 5.41) is 18.8. The fraction of sp³-hybridized carbons (Fsp3) is 0.111. The van der Waals surface area contributed by atoms with E-state index in [1.165, 1.54) is 17.0 Å². The summed E-state index contributed by atoms with van der Waals surface area (Å²) in [6, 6.07) is 3.35. The lowest BCUT2D eigenvalue weighted by Crippen LogP contribution is -2.27. The van der Waals surface area contributed by atoms with Crippen LogP contribution in [-0.2, 0) is 0 Å². The van der Waals surface area contributed by atoms with E-state index >= 15 is 0 Å². The molecule has 11 nitrogen and oxygen atoms in total. The van der Waals surface area contributed by atoms with E-state index in [0.29, 0.717) is 5.69 Å². The first kappa shape index (κ1) is 20.0. The van der Waals surface area contributed by atoms with Gasteiger partial charge in [0, 0.05) is 6.20 Å². The Morgan fingerprint density at radius 1 is 1.32 bits per heavy atom. The minimum absolute atomic E-state index is 0.00427. The SMILES string of the molecule is CC(Nc1nc(N)nc(N)c1C#N)c1nc2c(Cl)cc(F)cc2c(=O)n1-c1cn[nH]c1. The van der Waals surface area contributed by atoms with Crippen LogP contribution in [0.1, 0.15) is 24.4 Å². The number of nitrogen functional groups attached to an aromatic ring is 2. The van der Waals surface area contributed by atoms with Crippen molar-refractivity contribution in [1.29, 1.82) is 5.26 Å². The van der Waals surface area contributed by atoms with Crippen LogP contribution < -0.4 is 22.3 Å². The maximum atomic E-state index is 13.9. The van der Waals surface area contributed by atoms with Gasteiger partial charge in [-0.25, -0.2) is 9.37 Å². The summed E-state index contributed by atoms with van der Waals surface area (Å²) in [4.78, 5) is 25.5. The van der Waals surface area contributed by atoms with E-state index in [-0.39, 0.29) is 44.9 Å². The minimum atomic E-state index is -0.700. The molecule has 1 atom stereocenters. The summed E-state index contributed by atoms with van der Waals surface area (Å²) in [5.74, 6) is -0.629. The van der Waals surface area contributed by atoms with Crippen molar-refractivity contribution in [3.8, 4) is 11.8 Å². The van der Waals surface area contributed by atoms with Gasteiger partial charge in [0.25, 0.3) is 5.56 Å². The zero-order valence-corrected chi connectivity index (χ0v) is 16.6. The molecule has 0 bridgehead atoms. The summed E-state index contributed by atoms with van der Waals surface area (Å²) < 4.78 is 15.1.